The summed E-state index contributed by atoms with van der Waals surface area (Å²) in [5.74, 6) is -0.0265. The topological polar surface area (TPSA) is 50.3 Å². The van der Waals surface area contributed by atoms with Crippen LogP contribution in [0.3, 0.4) is 0 Å². The Morgan fingerprint density at radius 3 is 2.40 bits per heavy atom. The third-order valence-corrected chi connectivity index (χ3v) is 3.96. The van der Waals surface area contributed by atoms with Crippen LogP contribution in [0.2, 0.25) is 0 Å². The molecule has 3 aromatic rings. The van der Waals surface area contributed by atoms with Crippen LogP contribution in [0.4, 0.5) is 0 Å². The van der Waals surface area contributed by atoms with Gasteiger partial charge < -0.3 is 4.90 Å². The maximum absolute atomic E-state index is 12.4. The summed E-state index contributed by atoms with van der Waals surface area (Å²) in [5.41, 5.74) is 4.19. The SMILES string of the molecule is CN(Cc1cncc(-c2ccc(C=O)cc2)c1)C(=O)c1ccccc1. The molecule has 0 radical (unpaired) electrons. The lowest BCUT2D eigenvalue weighted by molar-refractivity contribution is 0.0785. The van der Waals surface area contributed by atoms with E-state index >= 15 is 0 Å². The molecule has 0 spiro atoms. The number of amides is 1. The van der Waals surface area contributed by atoms with Crippen LogP contribution in [0.15, 0.2) is 73.1 Å². The highest BCUT2D eigenvalue weighted by atomic mass is 16.2. The van der Waals surface area contributed by atoms with Crippen molar-refractivity contribution in [3.05, 3.63) is 89.7 Å². The van der Waals surface area contributed by atoms with Crippen LogP contribution < -0.4 is 0 Å². The van der Waals surface area contributed by atoms with Gasteiger partial charge in [0.2, 0.25) is 0 Å². The Kier molecular flexibility index (Phi) is 5.00. The van der Waals surface area contributed by atoms with Crippen molar-refractivity contribution in [1.82, 2.24) is 9.88 Å². The van der Waals surface area contributed by atoms with Gasteiger partial charge in [0.25, 0.3) is 5.91 Å². The summed E-state index contributed by atoms with van der Waals surface area (Å²) in [4.78, 5) is 29.2. The number of benzene rings is 2. The van der Waals surface area contributed by atoms with Crippen molar-refractivity contribution in [3.63, 3.8) is 0 Å². The highest BCUT2D eigenvalue weighted by molar-refractivity contribution is 5.94. The molecule has 0 fully saturated rings. The Morgan fingerprint density at radius 1 is 1.00 bits per heavy atom. The van der Waals surface area contributed by atoms with E-state index in [2.05, 4.69) is 4.98 Å². The molecule has 0 aliphatic rings. The molecule has 4 heteroatoms. The Labute approximate surface area is 146 Å². The first-order valence-corrected chi connectivity index (χ1v) is 7.97. The number of carbonyl (C=O) groups excluding carboxylic acids is 2. The molecular formula is C21H18N2O2. The van der Waals surface area contributed by atoms with Gasteiger partial charge in [-0.05, 0) is 29.3 Å². The fourth-order valence-electron chi connectivity index (χ4n) is 2.63. The molecule has 0 saturated carbocycles. The third kappa shape index (κ3) is 3.98. The van der Waals surface area contributed by atoms with Gasteiger partial charge >= 0.3 is 0 Å². The highest BCUT2D eigenvalue weighted by Gasteiger charge is 2.12. The van der Waals surface area contributed by atoms with Gasteiger partial charge in [-0.1, -0.05) is 42.5 Å². The molecule has 1 aromatic heterocycles. The average Bonchev–Trinajstić information content (AvgIpc) is 2.68. The van der Waals surface area contributed by atoms with Crippen molar-refractivity contribution in [2.45, 2.75) is 6.54 Å². The van der Waals surface area contributed by atoms with Crippen LogP contribution in [-0.4, -0.2) is 29.1 Å². The fraction of sp³-hybridized carbons (Fsp3) is 0.0952. The number of hydrogen-bond acceptors (Lipinski definition) is 3. The molecule has 0 N–H and O–H groups in total. The molecule has 124 valence electrons. The van der Waals surface area contributed by atoms with Crippen molar-refractivity contribution in [2.75, 3.05) is 7.05 Å². The number of nitrogens with zero attached hydrogens (tertiary/aromatic N) is 2. The molecule has 0 aliphatic carbocycles. The molecule has 0 saturated heterocycles. The van der Waals surface area contributed by atoms with Crippen LogP contribution in [0.1, 0.15) is 26.3 Å². The number of carbonyl (C=O) groups is 2. The third-order valence-electron chi connectivity index (χ3n) is 3.96. The summed E-state index contributed by atoms with van der Waals surface area (Å²) in [6.07, 6.45) is 4.36. The number of aldehydes is 1. The molecule has 1 heterocycles. The predicted molar refractivity (Wildman–Crippen MR) is 97.3 cm³/mol. The summed E-state index contributed by atoms with van der Waals surface area (Å²) in [7, 11) is 1.78. The smallest absolute Gasteiger partial charge is 0.253 e. The van der Waals surface area contributed by atoms with Gasteiger partial charge in [-0.25, -0.2) is 0 Å². The number of hydrogen-bond donors (Lipinski definition) is 0. The molecule has 25 heavy (non-hydrogen) atoms. The monoisotopic (exact) mass is 330 g/mol. The van der Waals surface area contributed by atoms with E-state index < -0.39 is 0 Å². The molecule has 0 unspecified atom stereocenters. The van der Waals surface area contributed by atoms with E-state index in [-0.39, 0.29) is 5.91 Å². The van der Waals surface area contributed by atoms with E-state index in [9.17, 15) is 9.59 Å². The quantitative estimate of drug-likeness (QED) is 0.668. The summed E-state index contributed by atoms with van der Waals surface area (Å²) in [6, 6.07) is 18.6. The first-order valence-electron chi connectivity index (χ1n) is 7.97. The number of aromatic nitrogens is 1. The fourth-order valence-corrected chi connectivity index (χ4v) is 2.63. The predicted octanol–water partition coefficient (Wildman–Crippen LogP) is 3.83. The van der Waals surface area contributed by atoms with Gasteiger partial charge in [0, 0.05) is 42.7 Å². The maximum atomic E-state index is 12.4. The Hall–Kier alpha value is -3.27. The van der Waals surface area contributed by atoms with E-state index in [1.54, 1.807) is 36.5 Å². The van der Waals surface area contributed by atoms with Crippen LogP contribution in [0.25, 0.3) is 11.1 Å². The van der Waals surface area contributed by atoms with Crippen molar-refractivity contribution < 1.29 is 9.59 Å². The van der Waals surface area contributed by atoms with Crippen LogP contribution in [0, 0.1) is 0 Å². The zero-order chi connectivity index (χ0) is 17.6. The van der Waals surface area contributed by atoms with Crippen LogP contribution >= 0.6 is 0 Å². The van der Waals surface area contributed by atoms with Crippen molar-refractivity contribution in [1.29, 1.82) is 0 Å². The van der Waals surface area contributed by atoms with Gasteiger partial charge in [-0.2, -0.15) is 0 Å². The van der Waals surface area contributed by atoms with E-state index in [0.717, 1.165) is 23.0 Å². The molecule has 4 nitrogen and oxygen atoms in total. The van der Waals surface area contributed by atoms with Gasteiger partial charge in [0.05, 0.1) is 0 Å². The number of rotatable bonds is 5. The summed E-state index contributed by atoms with van der Waals surface area (Å²) >= 11 is 0. The lowest BCUT2D eigenvalue weighted by atomic mass is 10.0. The standard InChI is InChI=1S/C21H18N2O2/c1-23(21(25)19-5-3-2-4-6-19)14-17-11-20(13-22-12-17)18-9-7-16(15-24)8-10-18/h2-13,15H,14H2,1H3. The average molecular weight is 330 g/mol. The Bertz CT molecular complexity index is 874. The lowest BCUT2D eigenvalue weighted by Gasteiger charge is -2.17. The van der Waals surface area contributed by atoms with Gasteiger partial charge in [-0.3, -0.25) is 14.6 Å². The summed E-state index contributed by atoms with van der Waals surface area (Å²) in [6.45, 7) is 0.473. The minimum atomic E-state index is -0.0265. The Morgan fingerprint density at radius 2 is 1.72 bits per heavy atom. The zero-order valence-corrected chi connectivity index (χ0v) is 13.9. The number of pyridine rings is 1. The van der Waals surface area contributed by atoms with Gasteiger partial charge in [0.15, 0.2) is 0 Å². The molecule has 0 bridgehead atoms. The molecule has 3 rings (SSSR count). The first-order chi connectivity index (χ1) is 12.2. The molecule has 2 aromatic carbocycles. The second-order valence-electron chi connectivity index (χ2n) is 5.85. The normalized spacial score (nSPS) is 10.3. The Balaban J connectivity index is 1.77. The largest absolute Gasteiger partial charge is 0.337 e. The summed E-state index contributed by atoms with van der Waals surface area (Å²) < 4.78 is 0. The minimum Gasteiger partial charge on any atom is -0.337 e. The van der Waals surface area contributed by atoms with Crippen LogP contribution in [-0.2, 0) is 6.54 Å². The second kappa shape index (κ2) is 7.53. The van der Waals surface area contributed by atoms with E-state index in [1.165, 1.54) is 0 Å². The molecule has 1 amide bonds. The maximum Gasteiger partial charge on any atom is 0.253 e. The van der Waals surface area contributed by atoms with E-state index in [0.29, 0.717) is 17.7 Å². The minimum absolute atomic E-state index is 0.0265. The van der Waals surface area contributed by atoms with Crippen molar-refractivity contribution in [3.8, 4) is 11.1 Å². The molecule has 0 atom stereocenters. The van der Waals surface area contributed by atoms with E-state index in [4.69, 9.17) is 0 Å². The van der Waals surface area contributed by atoms with Crippen molar-refractivity contribution in [2.24, 2.45) is 0 Å². The van der Waals surface area contributed by atoms with Gasteiger partial charge in [-0.15, -0.1) is 0 Å². The second-order valence-corrected chi connectivity index (χ2v) is 5.85. The molecule has 0 aliphatic heterocycles. The zero-order valence-electron chi connectivity index (χ0n) is 13.9. The molecular weight excluding hydrogens is 312 g/mol. The first kappa shape index (κ1) is 16.6. The highest BCUT2D eigenvalue weighted by Crippen LogP contribution is 2.20. The van der Waals surface area contributed by atoms with E-state index in [1.807, 2.05) is 48.5 Å². The lowest BCUT2D eigenvalue weighted by Crippen LogP contribution is -2.26. The van der Waals surface area contributed by atoms with Gasteiger partial charge in [0.1, 0.15) is 6.29 Å². The van der Waals surface area contributed by atoms with Crippen LogP contribution in [0.5, 0.6) is 0 Å². The van der Waals surface area contributed by atoms with Crippen molar-refractivity contribution >= 4 is 12.2 Å². The summed E-state index contributed by atoms with van der Waals surface area (Å²) in [5, 5.41) is 0.